The number of carbonyl (C=O) groups excluding carboxylic acids is 3. The van der Waals surface area contributed by atoms with Gasteiger partial charge in [-0.25, -0.2) is 9.69 Å². The molecule has 2 N–H and O–H groups in total. The van der Waals surface area contributed by atoms with Crippen molar-refractivity contribution in [3.63, 3.8) is 0 Å². The summed E-state index contributed by atoms with van der Waals surface area (Å²) < 4.78 is 4.79. The number of quaternary nitrogens is 1. The highest BCUT2D eigenvalue weighted by Gasteiger charge is 2.42. The first-order valence-electron chi connectivity index (χ1n) is 6.64. The Balaban J connectivity index is 2.03. The number of esters is 1. The van der Waals surface area contributed by atoms with Crippen LogP contribution in [0.1, 0.15) is 13.3 Å². The molecule has 0 radical (unpaired) electrons. The molecule has 0 aliphatic carbocycles. The van der Waals surface area contributed by atoms with E-state index in [0.717, 1.165) is 4.90 Å². The molecule has 7 heteroatoms. The highest BCUT2D eigenvalue weighted by atomic mass is 35.5. The number of hydrogen-bond acceptors (Lipinski definition) is 4. The van der Waals surface area contributed by atoms with Gasteiger partial charge in [-0.1, -0.05) is 11.6 Å². The maximum atomic E-state index is 12.3. The maximum absolute atomic E-state index is 12.3. The Morgan fingerprint density at radius 3 is 2.67 bits per heavy atom. The molecule has 1 atom stereocenters. The molecule has 1 saturated heterocycles. The number of halogens is 1. The van der Waals surface area contributed by atoms with Crippen LogP contribution in [0.4, 0.5) is 5.69 Å². The molecule has 1 aliphatic heterocycles. The summed E-state index contributed by atoms with van der Waals surface area (Å²) in [6.45, 7) is 2.03. The standard InChI is InChI=1S/C14H15ClN2O4/c1-2-21-13(19)8-16-11-7-12(18)17(14(11)20)10-5-3-9(15)4-6-10/h3-6,11,16H,2,7-8H2,1H3/p+1/t11-/m1/s1. The first-order chi connectivity index (χ1) is 10.0. The molecule has 0 saturated carbocycles. The predicted molar refractivity (Wildman–Crippen MR) is 75.8 cm³/mol. The van der Waals surface area contributed by atoms with Gasteiger partial charge in [0.25, 0.3) is 5.91 Å². The van der Waals surface area contributed by atoms with Crippen LogP contribution >= 0.6 is 11.6 Å². The minimum Gasteiger partial charge on any atom is -0.462 e. The van der Waals surface area contributed by atoms with Gasteiger partial charge < -0.3 is 10.1 Å². The quantitative estimate of drug-likeness (QED) is 0.618. The number of amides is 2. The molecule has 112 valence electrons. The fourth-order valence-corrected chi connectivity index (χ4v) is 2.29. The minimum atomic E-state index is -0.586. The van der Waals surface area contributed by atoms with E-state index in [1.165, 1.54) is 5.32 Å². The van der Waals surface area contributed by atoms with Gasteiger partial charge in [0.05, 0.1) is 18.7 Å². The molecule has 1 aromatic rings. The van der Waals surface area contributed by atoms with Gasteiger partial charge in [-0.3, -0.25) is 9.59 Å². The molecule has 0 unspecified atom stereocenters. The molecule has 0 bridgehead atoms. The third-order valence-electron chi connectivity index (χ3n) is 3.14. The highest BCUT2D eigenvalue weighted by Crippen LogP contribution is 2.23. The summed E-state index contributed by atoms with van der Waals surface area (Å²) in [5.41, 5.74) is 0.487. The van der Waals surface area contributed by atoms with Crippen molar-refractivity contribution in [2.24, 2.45) is 0 Å². The fraction of sp³-hybridized carbons (Fsp3) is 0.357. The second-order valence-corrected chi connectivity index (χ2v) is 5.04. The van der Waals surface area contributed by atoms with Crippen LogP contribution < -0.4 is 10.2 Å². The van der Waals surface area contributed by atoms with Crippen LogP contribution in [0, 0.1) is 0 Å². The zero-order valence-electron chi connectivity index (χ0n) is 11.5. The summed E-state index contributed by atoms with van der Waals surface area (Å²) in [6, 6.07) is 5.88. The van der Waals surface area contributed by atoms with E-state index in [-0.39, 0.29) is 24.8 Å². The van der Waals surface area contributed by atoms with E-state index in [1.807, 2.05) is 0 Å². The number of carbonyl (C=O) groups is 3. The summed E-state index contributed by atoms with van der Waals surface area (Å²) in [5.74, 6) is -1.01. The number of benzene rings is 1. The Morgan fingerprint density at radius 2 is 2.05 bits per heavy atom. The number of anilines is 1. The van der Waals surface area contributed by atoms with E-state index >= 15 is 0 Å². The first kappa shape index (κ1) is 15.5. The lowest BCUT2D eigenvalue weighted by atomic mass is 10.2. The second-order valence-electron chi connectivity index (χ2n) is 4.60. The lowest BCUT2D eigenvalue weighted by molar-refractivity contribution is -0.665. The Kier molecular flexibility index (Phi) is 4.93. The second kappa shape index (κ2) is 6.69. The van der Waals surface area contributed by atoms with E-state index in [1.54, 1.807) is 31.2 Å². The topological polar surface area (TPSA) is 80.3 Å². The van der Waals surface area contributed by atoms with Gasteiger partial charge >= 0.3 is 5.97 Å². The van der Waals surface area contributed by atoms with Crippen molar-refractivity contribution in [2.75, 3.05) is 18.1 Å². The Labute approximate surface area is 127 Å². The van der Waals surface area contributed by atoms with Crippen LogP contribution in [0.5, 0.6) is 0 Å². The van der Waals surface area contributed by atoms with Crippen molar-refractivity contribution in [1.29, 1.82) is 0 Å². The number of imide groups is 1. The zero-order valence-corrected chi connectivity index (χ0v) is 12.3. The third-order valence-corrected chi connectivity index (χ3v) is 3.39. The van der Waals surface area contributed by atoms with E-state index in [2.05, 4.69) is 0 Å². The maximum Gasteiger partial charge on any atom is 0.361 e. The van der Waals surface area contributed by atoms with Crippen LogP contribution in [0.25, 0.3) is 0 Å². The van der Waals surface area contributed by atoms with E-state index in [9.17, 15) is 14.4 Å². The van der Waals surface area contributed by atoms with Crippen molar-refractivity contribution >= 4 is 35.1 Å². The van der Waals surface area contributed by atoms with E-state index in [4.69, 9.17) is 16.3 Å². The lowest BCUT2D eigenvalue weighted by Gasteiger charge is -2.14. The molecule has 1 aromatic carbocycles. The normalized spacial score (nSPS) is 18.2. The van der Waals surface area contributed by atoms with Crippen molar-refractivity contribution < 1.29 is 24.4 Å². The summed E-state index contributed by atoms with van der Waals surface area (Å²) in [7, 11) is 0. The van der Waals surface area contributed by atoms with Gasteiger partial charge in [0.2, 0.25) is 5.91 Å². The predicted octanol–water partition coefficient (Wildman–Crippen LogP) is 0.0984. The molecule has 0 aromatic heterocycles. The molecule has 0 spiro atoms. The van der Waals surface area contributed by atoms with Crippen LogP contribution in [0.15, 0.2) is 24.3 Å². The largest absolute Gasteiger partial charge is 0.462 e. The lowest BCUT2D eigenvalue weighted by Crippen LogP contribution is -2.93. The van der Waals surface area contributed by atoms with Gasteiger partial charge in [0.15, 0.2) is 12.6 Å². The minimum absolute atomic E-state index is 0.0198. The number of nitrogens with two attached hydrogens (primary N) is 1. The molecule has 1 aliphatic rings. The van der Waals surface area contributed by atoms with Crippen molar-refractivity contribution in [2.45, 2.75) is 19.4 Å². The first-order valence-corrected chi connectivity index (χ1v) is 7.02. The monoisotopic (exact) mass is 311 g/mol. The van der Waals surface area contributed by atoms with Gasteiger partial charge in [-0.05, 0) is 31.2 Å². The molecule has 1 heterocycles. The molecule has 2 amide bonds. The van der Waals surface area contributed by atoms with Crippen LogP contribution in [-0.4, -0.2) is 37.0 Å². The average molecular weight is 312 g/mol. The van der Waals surface area contributed by atoms with Crippen LogP contribution in [0.2, 0.25) is 5.02 Å². The Hall–Kier alpha value is -1.92. The summed E-state index contributed by atoms with van der Waals surface area (Å²) >= 11 is 5.79. The van der Waals surface area contributed by atoms with Gasteiger partial charge in [0.1, 0.15) is 0 Å². The van der Waals surface area contributed by atoms with Crippen molar-refractivity contribution in [3.05, 3.63) is 29.3 Å². The van der Waals surface area contributed by atoms with Crippen LogP contribution in [0.3, 0.4) is 0 Å². The number of rotatable bonds is 5. The number of ether oxygens (including phenoxy) is 1. The summed E-state index contributed by atoms with van der Waals surface area (Å²) in [5, 5.41) is 2.07. The Morgan fingerprint density at radius 1 is 1.38 bits per heavy atom. The molecule has 1 fully saturated rings. The molecular formula is C14H16ClN2O4+. The smallest absolute Gasteiger partial charge is 0.361 e. The van der Waals surface area contributed by atoms with E-state index in [0.29, 0.717) is 17.3 Å². The molecule has 2 rings (SSSR count). The SMILES string of the molecule is CCOC(=O)C[NH2+][C@@H]1CC(=O)N(c2ccc(Cl)cc2)C1=O. The zero-order chi connectivity index (χ0) is 15.4. The average Bonchev–Trinajstić information content (AvgIpc) is 2.73. The van der Waals surface area contributed by atoms with Gasteiger partial charge in [0, 0.05) is 5.02 Å². The number of hydrogen-bond donors (Lipinski definition) is 1. The van der Waals surface area contributed by atoms with Crippen molar-refractivity contribution in [3.8, 4) is 0 Å². The highest BCUT2D eigenvalue weighted by molar-refractivity contribution is 6.30. The summed E-state index contributed by atoms with van der Waals surface area (Å²) in [6.07, 6.45) is 0.0703. The fourth-order valence-electron chi connectivity index (χ4n) is 2.16. The molecule has 6 nitrogen and oxygen atoms in total. The van der Waals surface area contributed by atoms with Crippen molar-refractivity contribution in [1.82, 2.24) is 0 Å². The van der Waals surface area contributed by atoms with E-state index < -0.39 is 12.0 Å². The molecular weight excluding hydrogens is 296 g/mol. The molecule has 21 heavy (non-hydrogen) atoms. The summed E-state index contributed by atoms with van der Waals surface area (Å²) in [4.78, 5) is 36.7. The van der Waals surface area contributed by atoms with Crippen LogP contribution in [-0.2, 0) is 19.1 Å². The third kappa shape index (κ3) is 3.59. The van der Waals surface area contributed by atoms with Gasteiger partial charge in [-0.2, -0.15) is 0 Å². The number of nitrogens with zero attached hydrogens (tertiary/aromatic N) is 1. The Bertz CT molecular complexity index is 559. The van der Waals surface area contributed by atoms with Gasteiger partial charge in [-0.15, -0.1) is 0 Å².